The van der Waals surface area contributed by atoms with Crippen LogP contribution in [-0.4, -0.2) is 35.0 Å². The number of aryl methyl sites for hydroxylation is 1. The second-order valence-corrected chi connectivity index (χ2v) is 4.38. The van der Waals surface area contributed by atoms with Gasteiger partial charge in [0.15, 0.2) is 0 Å². The Morgan fingerprint density at radius 1 is 1.42 bits per heavy atom. The highest BCUT2D eigenvalue weighted by Gasteiger charge is 2.14. The van der Waals surface area contributed by atoms with Crippen molar-refractivity contribution in [3.05, 3.63) is 23.8 Å². The van der Waals surface area contributed by atoms with Crippen molar-refractivity contribution < 1.29 is 4.79 Å². The summed E-state index contributed by atoms with van der Waals surface area (Å²) >= 11 is 0. The van der Waals surface area contributed by atoms with Crippen LogP contribution in [0, 0.1) is 6.92 Å². The molecule has 0 saturated carbocycles. The molecule has 2 N–H and O–H groups in total. The van der Waals surface area contributed by atoms with E-state index in [9.17, 15) is 4.79 Å². The predicted molar refractivity (Wildman–Crippen MR) is 79.2 cm³/mol. The van der Waals surface area contributed by atoms with Crippen LogP contribution < -0.4 is 10.6 Å². The summed E-state index contributed by atoms with van der Waals surface area (Å²) < 4.78 is 0. The fourth-order valence-corrected chi connectivity index (χ4v) is 1.96. The van der Waals surface area contributed by atoms with Gasteiger partial charge in [-0.2, -0.15) is 0 Å². The lowest BCUT2D eigenvalue weighted by Gasteiger charge is -2.10. The lowest BCUT2D eigenvalue weighted by atomic mass is 10.1. The number of hydrogen-bond donors (Lipinski definition) is 2. The molecule has 2 heterocycles. The Balaban J connectivity index is 0.00000162. The summed E-state index contributed by atoms with van der Waals surface area (Å²) in [5.74, 6) is -0.143. The minimum absolute atomic E-state index is 0. The van der Waals surface area contributed by atoms with E-state index in [1.807, 2.05) is 6.92 Å². The summed E-state index contributed by atoms with van der Waals surface area (Å²) in [4.78, 5) is 19.8. The number of hydrogen-bond acceptors (Lipinski definition) is 4. The third-order valence-electron chi connectivity index (χ3n) is 2.95. The predicted octanol–water partition coefficient (Wildman–Crippen LogP) is 1.50. The van der Waals surface area contributed by atoms with Gasteiger partial charge in [-0.1, -0.05) is 0 Å². The minimum Gasteiger partial charge on any atom is -0.351 e. The van der Waals surface area contributed by atoms with Crippen LogP contribution in [0.1, 0.15) is 35.4 Å². The van der Waals surface area contributed by atoms with Gasteiger partial charge in [0, 0.05) is 18.8 Å². The molecule has 0 aliphatic carbocycles. The maximum atomic E-state index is 11.7. The van der Waals surface area contributed by atoms with Gasteiger partial charge in [-0.05, 0) is 32.7 Å². The highest BCUT2D eigenvalue weighted by atomic mass is 35.5. The molecule has 0 bridgehead atoms. The number of rotatable bonds is 4. The van der Waals surface area contributed by atoms with Crippen LogP contribution in [0.5, 0.6) is 0 Å². The summed E-state index contributed by atoms with van der Waals surface area (Å²) in [6, 6.07) is 0.555. The van der Waals surface area contributed by atoms with Crippen LogP contribution in [0.3, 0.4) is 0 Å². The van der Waals surface area contributed by atoms with Gasteiger partial charge in [-0.15, -0.1) is 24.8 Å². The molecular formula is C12H20Cl2N4O. The molecule has 0 spiro atoms. The first-order chi connectivity index (χ1) is 8.25. The van der Waals surface area contributed by atoms with Crippen molar-refractivity contribution >= 4 is 30.7 Å². The van der Waals surface area contributed by atoms with E-state index in [-0.39, 0.29) is 30.7 Å². The first-order valence-corrected chi connectivity index (χ1v) is 6.06. The summed E-state index contributed by atoms with van der Waals surface area (Å²) in [7, 11) is 0. The van der Waals surface area contributed by atoms with Gasteiger partial charge in [0.25, 0.3) is 5.91 Å². The lowest BCUT2D eigenvalue weighted by molar-refractivity contribution is 0.0947. The molecule has 7 heteroatoms. The monoisotopic (exact) mass is 306 g/mol. The van der Waals surface area contributed by atoms with Crippen molar-refractivity contribution in [1.29, 1.82) is 0 Å². The van der Waals surface area contributed by atoms with Crippen molar-refractivity contribution in [1.82, 2.24) is 20.6 Å². The van der Waals surface area contributed by atoms with Crippen molar-refractivity contribution in [2.24, 2.45) is 0 Å². The maximum absolute atomic E-state index is 11.7. The molecule has 0 aromatic carbocycles. The molecule has 1 aliphatic rings. The third kappa shape index (κ3) is 5.72. The smallest absolute Gasteiger partial charge is 0.271 e. The summed E-state index contributed by atoms with van der Waals surface area (Å²) in [5.41, 5.74) is 1.20. The highest BCUT2D eigenvalue weighted by Crippen LogP contribution is 2.07. The highest BCUT2D eigenvalue weighted by molar-refractivity contribution is 5.91. The van der Waals surface area contributed by atoms with E-state index in [0.717, 1.165) is 18.7 Å². The topological polar surface area (TPSA) is 66.9 Å². The van der Waals surface area contributed by atoms with Crippen LogP contribution >= 0.6 is 24.8 Å². The number of carbonyl (C=O) groups excluding carboxylic acids is 1. The number of halogens is 2. The zero-order valence-corrected chi connectivity index (χ0v) is 12.5. The van der Waals surface area contributed by atoms with Crippen LogP contribution in [0.2, 0.25) is 0 Å². The van der Waals surface area contributed by atoms with Crippen LogP contribution in [-0.2, 0) is 0 Å². The molecule has 5 nitrogen and oxygen atoms in total. The molecular weight excluding hydrogens is 287 g/mol. The quantitative estimate of drug-likeness (QED) is 0.885. The first kappa shape index (κ1) is 18.1. The average molecular weight is 307 g/mol. The normalized spacial score (nSPS) is 17.2. The van der Waals surface area contributed by atoms with Gasteiger partial charge in [0.05, 0.1) is 11.9 Å². The molecule has 1 aromatic rings. The molecule has 0 radical (unpaired) electrons. The standard InChI is InChI=1S/C12H18N4O.2ClH/c1-9-7-16-11(8-15-9)12(17)14-6-4-10-3-2-5-13-10;;/h7-8,10,13H,2-6H2,1H3,(H,14,17);2*1H/t10-;;/m1../s1. The van der Waals surface area contributed by atoms with Gasteiger partial charge in [-0.3, -0.25) is 9.78 Å². The number of nitrogens with one attached hydrogen (secondary N) is 2. The molecule has 1 atom stereocenters. The van der Waals surface area contributed by atoms with Crippen LogP contribution in [0.4, 0.5) is 0 Å². The summed E-state index contributed by atoms with van der Waals surface area (Å²) in [6.07, 6.45) is 6.54. The second kappa shape index (κ2) is 9.07. The van der Waals surface area contributed by atoms with E-state index in [1.165, 1.54) is 19.0 Å². The Labute approximate surface area is 125 Å². The van der Waals surface area contributed by atoms with Crippen molar-refractivity contribution in [2.45, 2.75) is 32.2 Å². The number of amides is 1. The second-order valence-electron chi connectivity index (χ2n) is 4.38. The molecule has 2 rings (SSSR count). The van der Waals surface area contributed by atoms with E-state index in [4.69, 9.17) is 0 Å². The fraction of sp³-hybridized carbons (Fsp3) is 0.583. The van der Waals surface area contributed by atoms with Crippen LogP contribution in [0.15, 0.2) is 12.4 Å². The van der Waals surface area contributed by atoms with E-state index in [0.29, 0.717) is 18.3 Å². The Morgan fingerprint density at radius 2 is 2.21 bits per heavy atom. The zero-order chi connectivity index (χ0) is 12.1. The molecule has 1 saturated heterocycles. The number of aromatic nitrogens is 2. The Hall–Kier alpha value is -0.910. The summed E-state index contributed by atoms with van der Waals surface area (Å²) in [5, 5.41) is 6.26. The molecule has 1 aromatic heterocycles. The number of carbonyl (C=O) groups is 1. The van der Waals surface area contributed by atoms with E-state index in [1.54, 1.807) is 6.20 Å². The fourth-order valence-electron chi connectivity index (χ4n) is 1.96. The SMILES string of the molecule is Cc1cnc(C(=O)NCC[C@H]2CCCN2)cn1.Cl.Cl. The first-order valence-electron chi connectivity index (χ1n) is 6.06. The largest absolute Gasteiger partial charge is 0.351 e. The average Bonchev–Trinajstić information content (AvgIpc) is 2.83. The van der Waals surface area contributed by atoms with Crippen molar-refractivity contribution in [2.75, 3.05) is 13.1 Å². The Morgan fingerprint density at radius 3 is 2.79 bits per heavy atom. The van der Waals surface area contributed by atoms with Gasteiger partial charge in [-0.25, -0.2) is 4.98 Å². The molecule has 1 aliphatic heterocycles. The summed E-state index contributed by atoms with van der Waals surface area (Å²) in [6.45, 7) is 3.63. The van der Waals surface area contributed by atoms with Crippen molar-refractivity contribution in [3.8, 4) is 0 Å². The lowest BCUT2D eigenvalue weighted by Crippen LogP contribution is -2.31. The molecule has 0 unspecified atom stereocenters. The molecule has 1 amide bonds. The van der Waals surface area contributed by atoms with Gasteiger partial charge >= 0.3 is 0 Å². The van der Waals surface area contributed by atoms with Crippen LogP contribution in [0.25, 0.3) is 0 Å². The molecule has 19 heavy (non-hydrogen) atoms. The number of nitrogens with zero attached hydrogens (tertiary/aromatic N) is 2. The Bertz CT molecular complexity index is 380. The van der Waals surface area contributed by atoms with Crippen molar-refractivity contribution in [3.63, 3.8) is 0 Å². The van der Waals surface area contributed by atoms with E-state index >= 15 is 0 Å². The van der Waals surface area contributed by atoms with Gasteiger partial charge in [0.1, 0.15) is 5.69 Å². The molecule has 108 valence electrons. The maximum Gasteiger partial charge on any atom is 0.271 e. The van der Waals surface area contributed by atoms with E-state index < -0.39 is 0 Å². The van der Waals surface area contributed by atoms with Gasteiger partial charge < -0.3 is 10.6 Å². The minimum atomic E-state index is -0.143. The zero-order valence-electron chi connectivity index (χ0n) is 10.9. The Kier molecular flexibility index (Phi) is 8.63. The van der Waals surface area contributed by atoms with E-state index in [2.05, 4.69) is 20.6 Å². The molecule has 1 fully saturated rings. The van der Waals surface area contributed by atoms with Gasteiger partial charge in [0.2, 0.25) is 0 Å². The third-order valence-corrected chi connectivity index (χ3v) is 2.95.